The molecule has 3 aliphatic heterocycles. The molecule has 3 fully saturated rings. The van der Waals surface area contributed by atoms with Gasteiger partial charge >= 0.3 is 39.5 Å². The van der Waals surface area contributed by atoms with E-state index in [2.05, 4.69) is 4.74 Å². The van der Waals surface area contributed by atoms with Crippen LogP contribution in [0.15, 0.2) is 12.1 Å². The number of carbonyl (C=O) groups excluding carboxylic acids is 3. The van der Waals surface area contributed by atoms with Crippen LogP contribution < -0.4 is 0 Å². The van der Waals surface area contributed by atoms with E-state index in [9.17, 15) is 44.8 Å². The number of esters is 3. The number of carbonyl (C=O) groups is 3. The molecular formula is C18H10F5I3O10S. The second-order valence-corrected chi connectivity index (χ2v) is 13.0. The first kappa shape index (κ1) is 29.3. The maximum absolute atomic E-state index is 13.9. The van der Waals surface area contributed by atoms with Gasteiger partial charge in [-0.15, -0.1) is 0 Å². The molecule has 3 heterocycles. The van der Waals surface area contributed by atoms with E-state index in [0.717, 1.165) is 0 Å². The number of rotatable bonds is 6. The first-order valence-corrected chi connectivity index (χ1v) is 14.4. The van der Waals surface area contributed by atoms with Crippen molar-refractivity contribution >= 4 is 95.8 Å². The quantitative estimate of drug-likeness (QED) is 0.113. The van der Waals surface area contributed by atoms with Crippen LogP contribution in [0.5, 0.6) is 0 Å². The summed E-state index contributed by atoms with van der Waals surface area (Å²) in [4.78, 5) is 37.9. The van der Waals surface area contributed by atoms with Gasteiger partial charge in [0.15, 0.2) is 12.2 Å². The molecule has 0 aromatic heterocycles. The van der Waals surface area contributed by atoms with Crippen molar-refractivity contribution < 1.29 is 68.3 Å². The first-order chi connectivity index (χ1) is 16.9. The molecular weight excluding hydrogens is 884 g/mol. The molecule has 0 aliphatic carbocycles. The van der Waals surface area contributed by atoms with Crippen LogP contribution in [-0.4, -0.2) is 72.8 Å². The Hall–Kier alpha value is -0.660. The monoisotopic (exact) mass is 894 g/mol. The fourth-order valence-electron chi connectivity index (χ4n) is 4.29. The third-order valence-electron chi connectivity index (χ3n) is 5.81. The highest BCUT2D eigenvalue weighted by atomic mass is 127. The molecule has 10 nitrogen and oxygen atoms in total. The van der Waals surface area contributed by atoms with Crippen LogP contribution in [0, 0.1) is 22.5 Å². The summed E-state index contributed by atoms with van der Waals surface area (Å²) >= 11 is 5.78. The summed E-state index contributed by atoms with van der Waals surface area (Å²) < 4.78 is 120. The van der Waals surface area contributed by atoms with Crippen molar-refractivity contribution in [2.45, 2.75) is 42.0 Å². The van der Waals surface area contributed by atoms with E-state index in [4.69, 9.17) is 18.8 Å². The number of halogens is 8. The van der Waals surface area contributed by atoms with E-state index in [1.54, 1.807) is 6.07 Å². The van der Waals surface area contributed by atoms with Gasteiger partial charge in [-0.1, -0.05) is 0 Å². The molecule has 4 rings (SSSR count). The fourth-order valence-corrected chi connectivity index (χ4v) is 7.12. The normalized spacial score (nSPS) is 29.7. The number of benzene rings is 1. The van der Waals surface area contributed by atoms with Gasteiger partial charge < -0.3 is 18.9 Å². The molecule has 1 aromatic carbocycles. The van der Waals surface area contributed by atoms with Gasteiger partial charge in [0.25, 0.3) is 6.10 Å². The zero-order valence-corrected chi connectivity index (χ0v) is 24.5. The lowest BCUT2D eigenvalue weighted by Crippen LogP contribution is -2.54. The minimum Gasteiger partial charge on any atom is -0.455 e. The second-order valence-electron chi connectivity index (χ2n) is 8.03. The minimum absolute atomic E-state index is 0.0876. The lowest BCUT2D eigenvalue weighted by atomic mass is 9.78. The third-order valence-corrected chi connectivity index (χ3v) is 10.4. The summed E-state index contributed by atoms with van der Waals surface area (Å²) in [5.41, 5.74) is 0.0876. The Labute approximate surface area is 244 Å². The van der Waals surface area contributed by atoms with Crippen LogP contribution in [0.1, 0.15) is 10.4 Å². The molecule has 0 radical (unpaired) electrons. The van der Waals surface area contributed by atoms with Gasteiger partial charge in [-0.3, -0.25) is 14.1 Å². The Balaban J connectivity index is 1.63. The molecule has 1 aromatic rings. The smallest absolute Gasteiger partial charge is 0.432 e. The zero-order valence-electron chi connectivity index (χ0n) is 17.2. The second kappa shape index (κ2) is 9.76. The summed E-state index contributed by atoms with van der Waals surface area (Å²) in [5, 5.41) is -5.97. The summed E-state index contributed by atoms with van der Waals surface area (Å²) in [6.45, 7) is 0. The van der Waals surface area contributed by atoms with Crippen LogP contribution in [0.2, 0.25) is 0 Å². The number of hydrogen-bond acceptors (Lipinski definition) is 9. The van der Waals surface area contributed by atoms with E-state index in [-0.39, 0.29) is 5.56 Å². The van der Waals surface area contributed by atoms with Crippen molar-refractivity contribution in [1.29, 1.82) is 0 Å². The molecule has 7 atom stereocenters. The number of alkyl halides is 5. The topological polar surface area (TPSA) is 142 Å². The first-order valence-electron chi connectivity index (χ1n) is 9.69. The van der Waals surface area contributed by atoms with Gasteiger partial charge in [0.1, 0.15) is 24.0 Å². The van der Waals surface area contributed by atoms with Crippen molar-refractivity contribution in [2.24, 2.45) is 11.8 Å². The minimum atomic E-state index is -6.68. The van der Waals surface area contributed by atoms with Crippen LogP contribution >= 0.6 is 67.8 Å². The highest BCUT2D eigenvalue weighted by Crippen LogP contribution is 2.52. The Morgan fingerprint density at radius 1 is 1.05 bits per heavy atom. The van der Waals surface area contributed by atoms with Gasteiger partial charge in [0.05, 0.1) is 5.56 Å². The van der Waals surface area contributed by atoms with Crippen LogP contribution in [0.3, 0.4) is 0 Å². The standard InChI is InChI=1S/C18H10F5I3O10S/c19-17(20,21)16(18(22,23)37(30,31)32)36-15(29)7-6-9-12(35-14(6)28)11(10(7)33-9)34-13(27)4-1-3(24)2-5(25)8(4)26/h1-2,6-7,9-12,16H,(H,30,31,32). The molecule has 0 saturated carbocycles. The number of fused-ring (bicyclic) bond motifs is 1. The van der Waals surface area contributed by atoms with Crippen LogP contribution in [0.4, 0.5) is 22.0 Å². The Bertz CT molecular complexity index is 1290. The summed E-state index contributed by atoms with van der Waals surface area (Å²) in [5.74, 6) is -7.75. The Kier molecular flexibility index (Phi) is 7.74. The van der Waals surface area contributed by atoms with Gasteiger partial charge in [-0.05, 0) is 79.9 Å². The molecule has 37 heavy (non-hydrogen) atoms. The van der Waals surface area contributed by atoms with E-state index >= 15 is 0 Å². The molecule has 7 unspecified atom stereocenters. The molecule has 2 bridgehead atoms. The Morgan fingerprint density at radius 3 is 2.24 bits per heavy atom. The van der Waals surface area contributed by atoms with E-state index in [0.29, 0.717) is 10.7 Å². The molecule has 0 amide bonds. The highest BCUT2D eigenvalue weighted by Gasteiger charge is 2.73. The largest absolute Gasteiger partial charge is 0.455 e. The average Bonchev–Trinajstić information content (AvgIpc) is 3.36. The molecule has 1 N–H and O–H groups in total. The predicted octanol–water partition coefficient (Wildman–Crippen LogP) is 2.92. The Morgan fingerprint density at radius 2 is 1.68 bits per heavy atom. The lowest BCUT2D eigenvalue weighted by molar-refractivity contribution is -0.261. The van der Waals surface area contributed by atoms with E-state index in [1.165, 1.54) is 6.07 Å². The summed E-state index contributed by atoms with van der Waals surface area (Å²) in [6.07, 6.45) is -16.4. The maximum Gasteiger partial charge on any atom is 0.432 e. The predicted molar refractivity (Wildman–Crippen MR) is 132 cm³/mol. The van der Waals surface area contributed by atoms with Crippen molar-refractivity contribution in [3.05, 3.63) is 28.4 Å². The van der Waals surface area contributed by atoms with Crippen molar-refractivity contribution in [2.75, 3.05) is 0 Å². The average molecular weight is 894 g/mol. The lowest BCUT2D eigenvalue weighted by Gasteiger charge is -2.30. The number of hydrogen-bond donors (Lipinski definition) is 1. The molecule has 19 heteroatoms. The van der Waals surface area contributed by atoms with E-state index in [1.807, 2.05) is 67.8 Å². The van der Waals surface area contributed by atoms with Gasteiger partial charge in [-0.2, -0.15) is 30.4 Å². The van der Waals surface area contributed by atoms with Crippen LogP contribution in [-0.2, 0) is 38.7 Å². The molecule has 0 spiro atoms. The van der Waals surface area contributed by atoms with Crippen molar-refractivity contribution in [3.8, 4) is 0 Å². The summed E-state index contributed by atoms with van der Waals surface area (Å²) in [6, 6.07) is 3.23. The van der Waals surface area contributed by atoms with E-state index < -0.39 is 81.8 Å². The highest BCUT2D eigenvalue weighted by molar-refractivity contribution is 14.1. The molecule has 3 aliphatic rings. The van der Waals surface area contributed by atoms with Crippen molar-refractivity contribution in [1.82, 2.24) is 0 Å². The van der Waals surface area contributed by atoms with Crippen molar-refractivity contribution in [3.63, 3.8) is 0 Å². The zero-order chi connectivity index (χ0) is 27.8. The van der Waals surface area contributed by atoms with Gasteiger partial charge in [0, 0.05) is 10.7 Å². The molecule has 3 saturated heterocycles. The van der Waals surface area contributed by atoms with Gasteiger partial charge in [-0.25, -0.2) is 4.79 Å². The third kappa shape index (κ3) is 5.03. The maximum atomic E-state index is 13.9. The number of ether oxygens (including phenoxy) is 4. The van der Waals surface area contributed by atoms with Gasteiger partial charge in [0.2, 0.25) is 0 Å². The van der Waals surface area contributed by atoms with Crippen LogP contribution in [0.25, 0.3) is 0 Å². The molecule has 204 valence electrons. The summed E-state index contributed by atoms with van der Waals surface area (Å²) in [7, 11) is -6.68. The SMILES string of the molecule is O=C(OC1C2OC(=O)C3C2OC1C3C(=O)OC(C(F)(F)F)C(F)(F)S(=O)(=O)O)c1cc(I)cc(I)c1I. The fraction of sp³-hybridized carbons (Fsp3) is 0.500.